The largest absolute Gasteiger partial charge is 0.377 e. The van der Waals surface area contributed by atoms with Crippen LogP contribution in [0.1, 0.15) is 31.0 Å². The molecule has 20 heavy (non-hydrogen) atoms. The fourth-order valence-electron chi connectivity index (χ4n) is 3.36. The summed E-state index contributed by atoms with van der Waals surface area (Å²) in [5.41, 5.74) is 5.09. The topological polar surface area (TPSA) is 40.7 Å². The summed E-state index contributed by atoms with van der Waals surface area (Å²) in [5, 5.41) is 4.93. The van der Waals surface area contributed by atoms with E-state index in [1.807, 2.05) is 12.4 Å². The Balaban J connectivity index is 1.89. The molecule has 1 aliphatic heterocycles. The van der Waals surface area contributed by atoms with E-state index in [9.17, 15) is 0 Å². The lowest BCUT2D eigenvalue weighted by atomic mass is 9.78. The highest BCUT2D eigenvalue weighted by atomic mass is 15.0. The van der Waals surface area contributed by atoms with Crippen LogP contribution in [-0.4, -0.2) is 9.97 Å². The van der Waals surface area contributed by atoms with Crippen LogP contribution < -0.4 is 5.32 Å². The summed E-state index contributed by atoms with van der Waals surface area (Å²) in [6, 6.07) is 10.9. The van der Waals surface area contributed by atoms with Gasteiger partial charge in [-0.1, -0.05) is 32.0 Å². The van der Waals surface area contributed by atoms with Gasteiger partial charge < -0.3 is 10.3 Å². The van der Waals surface area contributed by atoms with E-state index < -0.39 is 0 Å². The predicted octanol–water partition coefficient (Wildman–Crippen LogP) is 4.01. The Kier molecular flexibility index (Phi) is 2.22. The van der Waals surface area contributed by atoms with Crippen LogP contribution in [-0.2, 0) is 5.41 Å². The minimum Gasteiger partial charge on any atom is -0.377 e. The monoisotopic (exact) mass is 263 g/mol. The first-order valence-electron chi connectivity index (χ1n) is 6.95. The molecule has 3 aromatic rings. The molecule has 0 saturated heterocycles. The molecule has 0 aliphatic carbocycles. The van der Waals surface area contributed by atoms with Crippen LogP contribution in [0.2, 0.25) is 0 Å². The number of aromatic amines is 1. The third-order valence-electron chi connectivity index (χ3n) is 4.47. The number of rotatable bonds is 1. The van der Waals surface area contributed by atoms with Crippen molar-refractivity contribution < 1.29 is 0 Å². The van der Waals surface area contributed by atoms with Crippen molar-refractivity contribution in [3.05, 3.63) is 60.0 Å². The fourth-order valence-corrected chi connectivity index (χ4v) is 3.36. The van der Waals surface area contributed by atoms with Crippen LogP contribution in [0.3, 0.4) is 0 Å². The number of pyridine rings is 1. The molecular formula is C17H17N3. The zero-order valence-electron chi connectivity index (χ0n) is 11.6. The number of para-hydroxylation sites is 1. The van der Waals surface area contributed by atoms with Gasteiger partial charge in [0.25, 0.3) is 0 Å². The molecule has 0 radical (unpaired) electrons. The lowest BCUT2D eigenvalue weighted by Crippen LogP contribution is -2.25. The predicted molar refractivity (Wildman–Crippen MR) is 81.9 cm³/mol. The van der Waals surface area contributed by atoms with Gasteiger partial charge in [0.1, 0.15) is 0 Å². The van der Waals surface area contributed by atoms with E-state index in [2.05, 4.69) is 65.7 Å². The number of hydrogen-bond acceptors (Lipinski definition) is 2. The molecule has 4 rings (SSSR count). The molecular weight excluding hydrogens is 246 g/mol. The summed E-state index contributed by atoms with van der Waals surface area (Å²) in [7, 11) is 0. The molecule has 2 N–H and O–H groups in total. The molecule has 3 heterocycles. The molecule has 1 aromatic carbocycles. The number of anilines is 1. The summed E-state index contributed by atoms with van der Waals surface area (Å²) < 4.78 is 0. The average Bonchev–Trinajstić information content (AvgIpc) is 2.98. The van der Waals surface area contributed by atoms with Crippen molar-refractivity contribution in [1.29, 1.82) is 0 Å². The van der Waals surface area contributed by atoms with Crippen molar-refractivity contribution in [2.75, 3.05) is 5.32 Å². The van der Waals surface area contributed by atoms with Gasteiger partial charge in [0.05, 0.1) is 17.8 Å². The Morgan fingerprint density at radius 2 is 2.00 bits per heavy atom. The first-order valence-corrected chi connectivity index (χ1v) is 6.95. The Morgan fingerprint density at radius 3 is 2.85 bits per heavy atom. The Hall–Kier alpha value is -2.29. The number of fused-ring (bicyclic) bond motifs is 2. The van der Waals surface area contributed by atoms with Crippen molar-refractivity contribution in [3.8, 4) is 0 Å². The summed E-state index contributed by atoms with van der Waals surface area (Å²) >= 11 is 0. The van der Waals surface area contributed by atoms with Gasteiger partial charge in [0, 0.05) is 34.4 Å². The Labute approximate surface area is 118 Å². The number of benzene rings is 1. The first kappa shape index (κ1) is 11.5. The fraction of sp³-hybridized carbons (Fsp3) is 0.235. The van der Waals surface area contributed by atoms with E-state index >= 15 is 0 Å². The van der Waals surface area contributed by atoms with E-state index in [-0.39, 0.29) is 11.5 Å². The van der Waals surface area contributed by atoms with Gasteiger partial charge in [-0.15, -0.1) is 0 Å². The van der Waals surface area contributed by atoms with Crippen molar-refractivity contribution in [2.24, 2.45) is 0 Å². The highest BCUT2D eigenvalue weighted by Gasteiger charge is 2.40. The molecule has 0 bridgehead atoms. The lowest BCUT2D eigenvalue weighted by Gasteiger charge is -2.27. The Bertz CT molecular complexity index is 786. The normalized spacial score (nSPS) is 19.8. The molecule has 100 valence electrons. The smallest absolute Gasteiger partial charge is 0.0644 e. The van der Waals surface area contributed by atoms with Gasteiger partial charge in [-0.3, -0.25) is 4.98 Å². The van der Waals surface area contributed by atoms with Crippen molar-refractivity contribution in [2.45, 2.75) is 25.3 Å². The molecule has 0 amide bonds. The second-order valence-electron chi connectivity index (χ2n) is 6.01. The molecule has 2 aromatic heterocycles. The van der Waals surface area contributed by atoms with Crippen LogP contribution in [0, 0.1) is 0 Å². The lowest BCUT2D eigenvalue weighted by molar-refractivity contribution is 0.476. The second-order valence-corrected chi connectivity index (χ2v) is 6.01. The van der Waals surface area contributed by atoms with Gasteiger partial charge in [-0.2, -0.15) is 0 Å². The van der Waals surface area contributed by atoms with E-state index in [4.69, 9.17) is 0 Å². The number of H-pyrrole nitrogens is 1. The second kappa shape index (κ2) is 3.85. The third-order valence-corrected chi connectivity index (χ3v) is 4.47. The zero-order valence-corrected chi connectivity index (χ0v) is 11.6. The maximum Gasteiger partial charge on any atom is 0.0644 e. The molecule has 0 saturated carbocycles. The SMILES string of the molecule is CC1(C)c2ccccc2NC1c1c[nH]c2cnccc12. The summed E-state index contributed by atoms with van der Waals surface area (Å²) in [6.45, 7) is 4.60. The molecule has 1 atom stereocenters. The van der Waals surface area contributed by atoms with Gasteiger partial charge in [-0.25, -0.2) is 0 Å². The Morgan fingerprint density at radius 1 is 1.15 bits per heavy atom. The van der Waals surface area contributed by atoms with Crippen molar-refractivity contribution >= 4 is 16.6 Å². The maximum atomic E-state index is 4.18. The number of hydrogen-bond donors (Lipinski definition) is 2. The number of nitrogens with zero attached hydrogens (tertiary/aromatic N) is 1. The molecule has 3 heteroatoms. The summed E-state index contributed by atoms with van der Waals surface area (Å²) in [5.74, 6) is 0. The van der Waals surface area contributed by atoms with Gasteiger partial charge in [0.15, 0.2) is 0 Å². The third kappa shape index (κ3) is 1.43. The van der Waals surface area contributed by atoms with Gasteiger partial charge in [-0.05, 0) is 17.7 Å². The minimum atomic E-state index is 0.0645. The van der Waals surface area contributed by atoms with E-state index in [0.717, 1.165) is 5.52 Å². The van der Waals surface area contributed by atoms with Gasteiger partial charge >= 0.3 is 0 Å². The van der Waals surface area contributed by atoms with E-state index in [1.165, 1.54) is 22.2 Å². The highest BCUT2D eigenvalue weighted by Crippen LogP contribution is 2.49. The van der Waals surface area contributed by atoms with E-state index in [0.29, 0.717) is 0 Å². The summed E-state index contributed by atoms with van der Waals surface area (Å²) in [6.07, 6.45) is 5.85. The van der Waals surface area contributed by atoms with Crippen LogP contribution in [0.25, 0.3) is 10.9 Å². The first-order chi connectivity index (χ1) is 9.68. The summed E-state index contributed by atoms with van der Waals surface area (Å²) in [4.78, 5) is 7.50. The molecule has 0 fully saturated rings. The van der Waals surface area contributed by atoms with Crippen molar-refractivity contribution in [3.63, 3.8) is 0 Å². The van der Waals surface area contributed by atoms with E-state index in [1.54, 1.807) is 0 Å². The maximum absolute atomic E-state index is 4.18. The van der Waals surface area contributed by atoms with Gasteiger partial charge in [0.2, 0.25) is 0 Å². The average molecular weight is 263 g/mol. The number of aromatic nitrogens is 2. The van der Waals surface area contributed by atoms with Crippen molar-refractivity contribution in [1.82, 2.24) is 9.97 Å². The van der Waals surface area contributed by atoms with Crippen LogP contribution in [0.15, 0.2) is 48.9 Å². The molecule has 3 nitrogen and oxygen atoms in total. The zero-order chi connectivity index (χ0) is 13.7. The number of nitrogens with one attached hydrogen (secondary N) is 2. The highest BCUT2D eigenvalue weighted by molar-refractivity contribution is 5.84. The minimum absolute atomic E-state index is 0.0645. The molecule has 0 spiro atoms. The standard InChI is InChI=1S/C17H17N3/c1-17(2)13-5-3-4-6-14(13)20-16(17)12-9-19-15-10-18-8-7-11(12)15/h3-10,16,19-20H,1-2H3. The van der Waals surface area contributed by atoms with Crippen LogP contribution in [0.4, 0.5) is 5.69 Å². The molecule has 1 aliphatic rings. The van der Waals surface area contributed by atoms with Crippen LogP contribution in [0.5, 0.6) is 0 Å². The molecule has 1 unspecified atom stereocenters. The quantitative estimate of drug-likeness (QED) is 0.696. The van der Waals surface area contributed by atoms with Crippen LogP contribution >= 0.6 is 0 Å².